The molecule has 0 bridgehead atoms. The first-order chi connectivity index (χ1) is 10.0. The molecule has 0 saturated carbocycles. The number of hydrogen-bond donors (Lipinski definition) is 0. The number of halogens is 4. The standard InChI is InChI=1S/C17H16Cl2F2/c1-12-5-2-3-7-14(12)17(10-18,11-19)9-13-6-4-8-15(20)16(13)21/h2-8H,9-11H2,1H3. The molecule has 112 valence electrons. The summed E-state index contributed by atoms with van der Waals surface area (Å²) in [5, 5.41) is 0. The molecule has 2 rings (SSSR count). The first-order valence-electron chi connectivity index (χ1n) is 6.65. The van der Waals surface area contributed by atoms with Crippen LogP contribution in [0.2, 0.25) is 0 Å². The number of benzene rings is 2. The van der Waals surface area contributed by atoms with E-state index in [0.717, 1.165) is 17.2 Å². The van der Waals surface area contributed by atoms with Crippen LogP contribution in [0.15, 0.2) is 42.5 Å². The van der Waals surface area contributed by atoms with Gasteiger partial charge in [0.1, 0.15) is 0 Å². The molecule has 0 nitrogen and oxygen atoms in total. The molecule has 2 aromatic rings. The molecule has 2 aromatic carbocycles. The van der Waals surface area contributed by atoms with Crippen molar-refractivity contribution in [1.29, 1.82) is 0 Å². The van der Waals surface area contributed by atoms with Crippen molar-refractivity contribution in [3.63, 3.8) is 0 Å². The summed E-state index contributed by atoms with van der Waals surface area (Å²) >= 11 is 12.3. The smallest absolute Gasteiger partial charge is 0.162 e. The van der Waals surface area contributed by atoms with Gasteiger partial charge in [0, 0.05) is 17.2 Å². The van der Waals surface area contributed by atoms with Gasteiger partial charge in [0.2, 0.25) is 0 Å². The fourth-order valence-corrected chi connectivity index (χ4v) is 3.35. The summed E-state index contributed by atoms with van der Waals surface area (Å²) in [5.74, 6) is -1.21. The number of alkyl halides is 2. The molecule has 0 aromatic heterocycles. The Kier molecular flexibility index (Phi) is 5.23. The van der Waals surface area contributed by atoms with Crippen molar-refractivity contribution in [3.8, 4) is 0 Å². The monoisotopic (exact) mass is 328 g/mol. The third kappa shape index (κ3) is 3.22. The van der Waals surface area contributed by atoms with Gasteiger partial charge in [0.15, 0.2) is 11.6 Å². The van der Waals surface area contributed by atoms with Crippen molar-refractivity contribution in [2.75, 3.05) is 11.8 Å². The maximum atomic E-state index is 14.0. The van der Waals surface area contributed by atoms with Crippen LogP contribution in [0.25, 0.3) is 0 Å². The summed E-state index contributed by atoms with van der Waals surface area (Å²) in [4.78, 5) is 0. The molecule has 0 amide bonds. The maximum absolute atomic E-state index is 14.0. The van der Waals surface area contributed by atoms with Crippen LogP contribution in [-0.2, 0) is 11.8 Å². The van der Waals surface area contributed by atoms with E-state index in [2.05, 4.69) is 0 Å². The first-order valence-corrected chi connectivity index (χ1v) is 7.72. The Labute approximate surface area is 133 Å². The van der Waals surface area contributed by atoms with E-state index in [9.17, 15) is 8.78 Å². The van der Waals surface area contributed by atoms with Crippen LogP contribution in [0.4, 0.5) is 8.78 Å². The largest absolute Gasteiger partial charge is 0.204 e. The normalized spacial score (nSPS) is 11.7. The van der Waals surface area contributed by atoms with E-state index in [1.165, 1.54) is 6.07 Å². The number of rotatable bonds is 5. The van der Waals surface area contributed by atoms with Crippen molar-refractivity contribution in [1.82, 2.24) is 0 Å². The van der Waals surface area contributed by atoms with Crippen LogP contribution in [0.5, 0.6) is 0 Å². The molecule has 0 saturated heterocycles. The summed E-state index contributed by atoms with van der Waals surface area (Å²) in [5.41, 5.74) is 1.68. The van der Waals surface area contributed by atoms with Crippen LogP contribution in [0.3, 0.4) is 0 Å². The molecule has 0 aliphatic carbocycles. The fraction of sp³-hybridized carbons (Fsp3) is 0.294. The molecular weight excluding hydrogens is 313 g/mol. The van der Waals surface area contributed by atoms with Crippen molar-refractivity contribution < 1.29 is 8.78 Å². The van der Waals surface area contributed by atoms with Gasteiger partial charge in [0.05, 0.1) is 0 Å². The van der Waals surface area contributed by atoms with Crippen molar-refractivity contribution >= 4 is 23.2 Å². The lowest BCUT2D eigenvalue weighted by Crippen LogP contribution is -2.34. The minimum Gasteiger partial charge on any atom is -0.204 e. The molecule has 0 spiro atoms. The third-order valence-electron chi connectivity index (χ3n) is 3.79. The van der Waals surface area contributed by atoms with Gasteiger partial charge in [-0.1, -0.05) is 36.4 Å². The van der Waals surface area contributed by atoms with Gasteiger partial charge < -0.3 is 0 Å². The van der Waals surface area contributed by atoms with E-state index in [4.69, 9.17) is 23.2 Å². The molecule has 0 aliphatic heterocycles. The zero-order chi connectivity index (χ0) is 15.5. The van der Waals surface area contributed by atoms with Crippen LogP contribution in [-0.4, -0.2) is 11.8 Å². The average Bonchev–Trinajstić information content (AvgIpc) is 2.50. The van der Waals surface area contributed by atoms with Gasteiger partial charge in [-0.2, -0.15) is 0 Å². The van der Waals surface area contributed by atoms with E-state index < -0.39 is 17.0 Å². The highest BCUT2D eigenvalue weighted by Gasteiger charge is 2.33. The van der Waals surface area contributed by atoms with Gasteiger partial charge in [-0.05, 0) is 36.1 Å². The molecule has 0 heterocycles. The molecule has 0 N–H and O–H groups in total. The van der Waals surface area contributed by atoms with Crippen molar-refractivity contribution in [3.05, 3.63) is 70.8 Å². The van der Waals surface area contributed by atoms with Crippen molar-refractivity contribution in [2.24, 2.45) is 0 Å². The van der Waals surface area contributed by atoms with Crippen LogP contribution < -0.4 is 0 Å². The Balaban J connectivity index is 2.49. The van der Waals surface area contributed by atoms with Gasteiger partial charge >= 0.3 is 0 Å². The van der Waals surface area contributed by atoms with Crippen molar-refractivity contribution in [2.45, 2.75) is 18.8 Å². The Morgan fingerprint density at radius 3 is 2.24 bits per heavy atom. The molecule has 0 aliphatic rings. The maximum Gasteiger partial charge on any atom is 0.162 e. The topological polar surface area (TPSA) is 0 Å². The average molecular weight is 329 g/mol. The predicted molar refractivity (Wildman–Crippen MR) is 84.4 cm³/mol. The molecular formula is C17H16Cl2F2. The van der Waals surface area contributed by atoms with E-state index in [0.29, 0.717) is 5.56 Å². The van der Waals surface area contributed by atoms with Gasteiger partial charge in [-0.3, -0.25) is 0 Å². The second-order valence-electron chi connectivity index (χ2n) is 5.25. The van der Waals surface area contributed by atoms with Gasteiger partial charge in [0.25, 0.3) is 0 Å². The Hall–Kier alpha value is -1.12. The predicted octanol–water partition coefficient (Wildman–Crippen LogP) is 5.23. The third-order valence-corrected chi connectivity index (χ3v) is 4.81. The highest BCUT2D eigenvalue weighted by Crippen LogP contribution is 2.34. The highest BCUT2D eigenvalue weighted by atomic mass is 35.5. The number of hydrogen-bond acceptors (Lipinski definition) is 0. The molecule has 0 atom stereocenters. The van der Waals surface area contributed by atoms with Crippen LogP contribution in [0.1, 0.15) is 16.7 Å². The minimum atomic E-state index is -0.852. The van der Waals surface area contributed by atoms with E-state index in [1.807, 2.05) is 31.2 Å². The summed E-state index contributed by atoms with van der Waals surface area (Å²) in [7, 11) is 0. The van der Waals surface area contributed by atoms with Gasteiger partial charge in [-0.25, -0.2) is 8.78 Å². The van der Waals surface area contributed by atoms with Gasteiger partial charge in [-0.15, -0.1) is 23.2 Å². The molecule has 0 unspecified atom stereocenters. The zero-order valence-electron chi connectivity index (χ0n) is 11.7. The Morgan fingerprint density at radius 1 is 0.952 bits per heavy atom. The first kappa shape index (κ1) is 16.3. The quantitative estimate of drug-likeness (QED) is 0.659. The van der Waals surface area contributed by atoms with Crippen LogP contribution in [0, 0.1) is 18.6 Å². The number of aryl methyl sites for hydroxylation is 1. The Bertz CT molecular complexity index is 622. The van der Waals surface area contributed by atoms with Crippen LogP contribution >= 0.6 is 23.2 Å². The summed E-state index contributed by atoms with van der Waals surface area (Å²) in [6.07, 6.45) is 0.258. The lowest BCUT2D eigenvalue weighted by Gasteiger charge is -2.32. The second-order valence-corrected chi connectivity index (χ2v) is 5.79. The lowest BCUT2D eigenvalue weighted by atomic mass is 9.76. The summed E-state index contributed by atoms with van der Waals surface area (Å²) in [6.45, 7) is 1.96. The highest BCUT2D eigenvalue weighted by molar-refractivity contribution is 6.22. The van der Waals surface area contributed by atoms with E-state index >= 15 is 0 Å². The SMILES string of the molecule is Cc1ccccc1C(CCl)(CCl)Cc1cccc(F)c1F. The zero-order valence-corrected chi connectivity index (χ0v) is 13.2. The molecule has 21 heavy (non-hydrogen) atoms. The molecule has 4 heteroatoms. The minimum absolute atomic E-state index is 0.233. The molecule has 0 radical (unpaired) electrons. The Morgan fingerprint density at radius 2 is 1.62 bits per heavy atom. The van der Waals surface area contributed by atoms with E-state index in [-0.39, 0.29) is 18.2 Å². The summed E-state index contributed by atoms with van der Waals surface area (Å²) < 4.78 is 27.4. The molecule has 0 fully saturated rings. The second kappa shape index (κ2) is 6.76. The fourth-order valence-electron chi connectivity index (χ4n) is 2.59. The summed E-state index contributed by atoms with van der Waals surface area (Å²) in [6, 6.07) is 11.9. The van der Waals surface area contributed by atoms with E-state index in [1.54, 1.807) is 6.07 Å². The lowest BCUT2D eigenvalue weighted by molar-refractivity contribution is 0.471.